The maximum atomic E-state index is 10.2. The fourth-order valence-electron chi connectivity index (χ4n) is 1.17. The predicted octanol–water partition coefficient (Wildman–Crippen LogP) is 4.05. The van der Waals surface area contributed by atoms with E-state index in [1.807, 2.05) is 13.8 Å². The second-order valence-electron chi connectivity index (χ2n) is 5.57. The topological polar surface area (TPSA) is 26.3 Å². The zero-order valence-electron chi connectivity index (χ0n) is 11.7. The second-order valence-corrected chi connectivity index (χ2v) is 14.8. The van der Waals surface area contributed by atoms with E-state index in [4.69, 9.17) is 4.12 Å². The minimum atomic E-state index is -1.23. The molecule has 4 heteroatoms. The minimum absolute atomic E-state index is 0.343. The first-order valence-electron chi connectivity index (χ1n) is 5.73. The van der Waals surface area contributed by atoms with E-state index in [1.165, 1.54) is 0 Å². The maximum Gasteiger partial charge on any atom is 0.170 e. The molecule has 0 unspecified atom stereocenters. The van der Waals surface area contributed by atoms with Gasteiger partial charge in [-0.1, -0.05) is 13.8 Å². The third kappa shape index (κ3) is 20.2. The van der Waals surface area contributed by atoms with Gasteiger partial charge < -0.3 is 4.12 Å². The molecule has 15 heavy (non-hydrogen) atoms. The second kappa shape index (κ2) is 7.36. The molecule has 0 spiro atoms. The van der Waals surface area contributed by atoms with Crippen molar-refractivity contribution in [2.45, 2.75) is 66.0 Å². The van der Waals surface area contributed by atoms with Crippen molar-refractivity contribution in [2.75, 3.05) is 0 Å². The molecule has 0 aromatic heterocycles. The molecule has 0 bridgehead atoms. The third-order valence-corrected chi connectivity index (χ3v) is 6.30. The number of rotatable bonds is 4. The molecule has 0 aromatic rings. The van der Waals surface area contributed by atoms with Gasteiger partial charge in [-0.3, -0.25) is 4.79 Å². The van der Waals surface area contributed by atoms with E-state index in [0.29, 0.717) is 18.6 Å². The minimum Gasteiger partial charge on any atom is -0.456 e. The lowest BCUT2D eigenvalue weighted by Crippen LogP contribution is -2.39. The molecule has 0 radical (unpaired) electrons. The van der Waals surface area contributed by atoms with Crippen LogP contribution in [0, 0.1) is 0 Å². The number of ketones is 1. The van der Waals surface area contributed by atoms with Crippen LogP contribution in [0.25, 0.3) is 0 Å². The van der Waals surface area contributed by atoms with Gasteiger partial charge in [0.05, 0.1) is 0 Å². The lowest BCUT2D eigenvalue weighted by atomic mass is 10.3. The fourth-order valence-corrected chi connectivity index (χ4v) is 8.52. The molecule has 2 nitrogen and oxygen atoms in total. The van der Waals surface area contributed by atoms with E-state index in [-0.39, 0.29) is 0 Å². The standard InChI is InChI=1S/C6H18OSi2.C5H10O/c1-8(2,3)7-9(4,5)6;1-3-5(6)4-2/h1-6H3;3-4H2,1-2H3. The molecule has 92 valence electrons. The van der Waals surface area contributed by atoms with Crippen molar-refractivity contribution in [3.05, 3.63) is 0 Å². The molecule has 0 amide bonds. The molecule has 0 saturated carbocycles. The van der Waals surface area contributed by atoms with Gasteiger partial charge in [0.2, 0.25) is 0 Å². The molecule has 0 fully saturated rings. The van der Waals surface area contributed by atoms with Crippen LogP contribution in [0.15, 0.2) is 0 Å². The SMILES string of the molecule is CCC(=O)CC.C[Si](C)(C)O[Si](C)(C)C. The summed E-state index contributed by atoms with van der Waals surface area (Å²) in [6, 6.07) is 0. The van der Waals surface area contributed by atoms with E-state index >= 15 is 0 Å². The van der Waals surface area contributed by atoms with Crippen LogP contribution in [0.4, 0.5) is 0 Å². The molecule has 0 aliphatic heterocycles. The Bertz CT molecular complexity index is 160. The first kappa shape index (κ1) is 17.5. The van der Waals surface area contributed by atoms with Gasteiger partial charge in [0.1, 0.15) is 5.78 Å². The highest BCUT2D eigenvalue weighted by atomic mass is 28.4. The Morgan fingerprint density at radius 2 is 1.13 bits per heavy atom. The molecule has 0 heterocycles. The Balaban J connectivity index is 0. The predicted molar refractivity (Wildman–Crippen MR) is 73.4 cm³/mol. The lowest BCUT2D eigenvalue weighted by molar-refractivity contribution is -0.118. The van der Waals surface area contributed by atoms with Crippen molar-refractivity contribution < 1.29 is 8.91 Å². The number of Topliss-reactive ketones (excluding diaryl/α,β-unsaturated/α-hetero) is 1. The van der Waals surface area contributed by atoms with Crippen LogP contribution in [0.5, 0.6) is 0 Å². The van der Waals surface area contributed by atoms with E-state index < -0.39 is 16.6 Å². The molecule has 0 aliphatic carbocycles. The highest BCUT2D eigenvalue weighted by Gasteiger charge is 2.24. The smallest absolute Gasteiger partial charge is 0.170 e. The summed E-state index contributed by atoms with van der Waals surface area (Å²) < 4.78 is 5.90. The summed E-state index contributed by atoms with van der Waals surface area (Å²) in [5.74, 6) is 0.343. The van der Waals surface area contributed by atoms with E-state index in [9.17, 15) is 4.79 Å². The quantitative estimate of drug-likeness (QED) is 0.702. The summed E-state index contributed by atoms with van der Waals surface area (Å²) in [5.41, 5.74) is 0. The molecule has 0 saturated heterocycles. The summed E-state index contributed by atoms with van der Waals surface area (Å²) in [6.45, 7) is 17.2. The molecular weight excluding hydrogens is 220 g/mol. The largest absolute Gasteiger partial charge is 0.456 e. The van der Waals surface area contributed by atoms with Crippen LogP contribution in [0.3, 0.4) is 0 Å². The normalized spacial score (nSPS) is 11.7. The monoisotopic (exact) mass is 248 g/mol. The Labute approximate surface area is 97.7 Å². The van der Waals surface area contributed by atoms with Crippen LogP contribution in [0.1, 0.15) is 26.7 Å². The average Bonchev–Trinajstić information content (AvgIpc) is 1.97. The zero-order chi connectivity index (χ0) is 12.7. The highest BCUT2D eigenvalue weighted by molar-refractivity contribution is 6.83. The number of hydrogen-bond acceptors (Lipinski definition) is 2. The van der Waals surface area contributed by atoms with Gasteiger partial charge >= 0.3 is 0 Å². The molecule has 0 aromatic carbocycles. The average molecular weight is 249 g/mol. The van der Waals surface area contributed by atoms with Crippen LogP contribution in [0.2, 0.25) is 39.3 Å². The molecular formula is C11H28O2Si2. The van der Waals surface area contributed by atoms with E-state index in [0.717, 1.165) is 0 Å². The van der Waals surface area contributed by atoms with Crippen LogP contribution >= 0.6 is 0 Å². The number of hydrogen-bond donors (Lipinski definition) is 0. The van der Waals surface area contributed by atoms with Gasteiger partial charge in [0.15, 0.2) is 16.6 Å². The third-order valence-electron chi connectivity index (χ3n) is 1.40. The first-order chi connectivity index (χ1) is 6.52. The van der Waals surface area contributed by atoms with Gasteiger partial charge in [-0.15, -0.1) is 0 Å². The molecule has 0 N–H and O–H groups in total. The van der Waals surface area contributed by atoms with E-state index in [2.05, 4.69) is 39.3 Å². The summed E-state index contributed by atoms with van der Waals surface area (Å²) in [5, 5.41) is 0. The Hall–Kier alpha value is 0.0638. The fraction of sp³-hybridized carbons (Fsp3) is 0.909. The summed E-state index contributed by atoms with van der Waals surface area (Å²) in [4.78, 5) is 10.2. The van der Waals surface area contributed by atoms with Crippen LogP contribution in [-0.4, -0.2) is 22.4 Å². The van der Waals surface area contributed by atoms with E-state index in [1.54, 1.807) is 0 Å². The molecule has 0 aliphatic rings. The zero-order valence-corrected chi connectivity index (χ0v) is 13.7. The summed E-state index contributed by atoms with van der Waals surface area (Å²) >= 11 is 0. The van der Waals surface area contributed by atoms with Gasteiger partial charge in [-0.2, -0.15) is 0 Å². The Kier molecular flexibility index (Phi) is 8.56. The van der Waals surface area contributed by atoms with Crippen molar-refractivity contribution in [1.29, 1.82) is 0 Å². The van der Waals surface area contributed by atoms with Gasteiger partial charge in [-0.05, 0) is 39.3 Å². The van der Waals surface area contributed by atoms with Gasteiger partial charge in [0, 0.05) is 12.8 Å². The van der Waals surface area contributed by atoms with Crippen molar-refractivity contribution in [3.63, 3.8) is 0 Å². The first-order valence-corrected chi connectivity index (χ1v) is 12.6. The lowest BCUT2D eigenvalue weighted by Gasteiger charge is -2.27. The number of carbonyl (C=O) groups is 1. The summed E-state index contributed by atoms with van der Waals surface area (Å²) in [6.07, 6.45) is 1.38. The van der Waals surface area contributed by atoms with Crippen molar-refractivity contribution in [2.24, 2.45) is 0 Å². The molecule has 0 atom stereocenters. The van der Waals surface area contributed by atoms with Crippen molar-refractivity contribution in [3.8, 4) is 0 Å². The van der Waals surface area contributed by atoms with Crippen molar-refractivity contribution >= 4 is 22.4 Å². The molecule has 0 rings (SSSR count). The number of carbonyl (C=O) groups excluding carboxylic acids is 1. The van der Waals surface area contributed by atoms with Crippen molar-refractivity contribution in [1.82, 2.24) is 0 Å². The highest BCUT2D eigenvalue weighted by Crippen LogP contribution is 2.12. The van der Waals surface area contributed by atoms with Crippen LogP contribution < -0.4 is 0 Å². The van der Waals surface area contributed by atoms with Gasteiger partial charge in [-0.25, -0.2) is 0 Å². The Morgan fingerprint density at radius 1 is 0.867 bits per heavy atom. The van der Waals surface area contributed by atoms with Gasteiger partial charge in [0.25, 0.3) is 0 Å². The summed E-state index contributed by atoms with van der Waals surface area (Å²) in [7, 11) is -2.46. The Morgan fingerprint density at radius 3 is 1.13 bits per heavy atom. The van der Waals surface area contributed by atoms with Crippen LogP contribution in [-0.2, 0) is 8.91 Å². The maximum absolute atomic E-state index is 10.2.